The standard InChI is InChI=1S/C42H74O10/c1-31-29-32(42(48)50-31)30-34(44)20-16-12-8-4-6-10-14-18-22-36(46)38-25-27-40(52-38)39-26-24-37(51-39)35(45)21-17-13-9-5-3-7-11-15-19-33(43)23-28-41(47)49-2/h29,31,33-40,43-46H,3-28,30H2,1-2H3/t31-,33+,34+,35-,36+,37+,38+,39+,40+/m0/s1. The van der Waals surface area contributed by atoms with Gasteiger partial charge in [-0.3, -0.25) is 4.79 Å². The molecule has 10 nitrogen and oxygen atoms in total. The molecule has 10 heteroatoms. The number of hydrogen-bond donors (Lipinski definition) is 4. The van der Waals surface area contributed by atoms with Gasteiger partial charge in [-0.25, -0.2) is 4.79 Å². The molecule has 0 aromatic carbocycles. The SMILES string of the molecule is COC(=O)CC[C@H](O)CCCCCCCCCC[C@H](O)[C@H]1CC[C@H]([C@H]2CC[C@H]([C@H](O)CCCCCCCCCC[C@@H](O)CC3=C[C@H](C)OC3=O)O2)O1. The highest BCUT2D eigenvalue weighted by molar-refractivity contribution is 5.90. The number of rotatable bonds is 30. The fraction of sp³-hybridized carbons (Fsp3) is 0.905. The number of aliphatic hydroxyl groups excluding tert-OH is 4. The zero-order valence-electron chi connectivity index (χ0n) is 32.6. The average molecular weight is 739 g/mol. The van der Waals surface area contributed by atoms with Gasteiger partial charge in [0, 0.05) is 18.4 Å². The molecular weight excluding hydrogens is 664 g/mol. The van der Waals surface area contributed by atoms with Gasteiger partial charge in [0.2, 0.25) is 0 Å². The number of cyclic esters (lactones) is 1. The molecule has 0 aromatic rings. The summed E-state index contributed by atoms with van der Waals surface area (Å²) in [5.41, 5.74) is 0.608. The van der Waals surface area contributed by atoms with E-state index in [1.807, 2.05) is 13.0 Å². The number of hydrogen-bond acceptors (Lipinski definition) is 10. The molecule has 2 saturated heterocycles. The number of methoxy groups -OCH3 is 1. The lowest BCUT2D eigenvalue weighted by atomic mass is 10.00. The zero-order chi connectivity index (χ0) is 37.6. The summed E-state index contributed by atoms with van der Waals surface area (Å²) in [6.07, 6.45) is 25.3. The van der Waals surface area contributed by atoms with Crippen molar-refractivity contribution < 1.29 is 49.0 Å². The van der Waals surface area contributed by atoms with Gasteiger partial charge in [-0.15, -0.1) is 0 Å². The number of carbonyl (C=O) groups excluding carboxylic acids is 2. The van der Waals surface area contributed by atoms with Crippen LogP contribution in [0, 0.1) is 0 Å². The van der Waals surface area contributed by atoms with E-state index in [1.165, 1.54) is 52.1 Å². The summed E-state index contributed by atoms with van der Waals surface area (Å²) >= 11 is 0. The van der Waals surface area contributed by atoms with E-state index >= 15 is 0 Å². The van der Waals surface area contributed by atoms with Crippen molar-refractivity contribution in [3.8, 4) is 0 Å². The third kappa shape index (κ3) is 18.2. The van der Waals surface area contributed by atoms with Crippen LogP contribution in [-0.4, -0.2) is 94.4 Å². The molecule has 2 fully saturated rings. The maximum atomic E-state index is 11.7. The van der Waals surface area contributed by atoms with Crippen molar-refractivity contribution in [1.29, 1.82) is 0 Å². The molecule has 3 aliphatic rings. The molecular formula is C42H74O10. The van der Waals surface area contributed by atoms with Gasteiger partial charge in [0.25, 0.3) is 0 Å². The second kappa shape index (κ2) is 26.3. The minimum Gasteiger partial charge on any atom is -0.469 e. The third-order valence-corrected chi connectivity index (χ3v) is 11.4. The van der Waals surface area contributed by atoms with Gasteiger partial charge in [0.15, 0.2) is 0 Å². The maximum absolute atomic E-state index is 11.7. The second-order valence-electron chi connectivity index (χ2n) is 16.0. The van der Waals surface area contributed by atoms with E-state index in [-0.39, 0.29) is 48.9 Å². The summed E-state index contributed by atoms with van der Waals surface area (Å²) in [6, 6.07) is 0. The first-order chi connectivity index (χ1) is 25.2. The van der Waals surface area contributed by atoms with Crippen LogP contribution >= 0.6 is 0 Å². The molecule has 52 heavy (non-hydrogen) atoms. The summed E-state index contributed by atoms with van der Waals surface area (Å²) in [7, 11) is 1.37. The summed E-state index contributed by atoms with van der Waals surface area (Å²) in [5.74, 6) is -0.552. The zero-order valence-corrected chi connectivity index (χ0v) is 32.6. The van der Waals surface area contributed by atoms with E-state index in [2.05, 4.69) is 4.74 Å². The van der Waals surface area contributed by atoms with Crippen molar-refractivity contribution in [3.63, 3.8) is 0 Å². The van der Waals surface area contributed by atoms with E-state index in [1.54, 1.807) is 0 Å². The Bertz CT molecular complexity index is 1000. The van der Waals surface area contributed by atoms with Crippen LogP contribution in [0.1, 0.15) is 180 Å². The third-order valence-electron chi connectivity index (χ3n) is 11.4. The summed E-state index contributed by atoms with van der Waals surface area (Å²) < 4.78 is 22.3. The van der Waals surface area contributed by atoms with Crippen molar-refractivity contribution in [2.75, 3.05) is 7.11 Å². The fourth-order valence-electron chi connectivity index (χ4n) is 8.12. The first-order valence-corrected chi connectivity index (χ1v) is 21.2. The van der Waals surface area contributed by atoms with Crippen LogP contribution in [0.25, 0.3) is 0 Å². The summed E-state index contributed by atoms with van der Waals surface area (Å²) in [5, 5.41) is 41.8. The van der Waals surface area contributed by atoms with E-state index < -0.39 is 24.4 Å². The number of esters is 2. The average Bonchev–Trinajstić information content (AvgIpc) is 3.89. The Morgan fingerprint density at radius 3 is 1.50 bits per heavy atom. The molecule has 0 aliphatic carbocycles. The van der Waals surface area contributed by atoms with Gasteiger partial charge < -0.3 is 39.4 Å². The van der Waals surface area contributed by atoms with Crippen LogP contribution in [0.3, 0.4) is 0 Å². The summed E-state index contributed by atoms with van der Waals surface area (Å²) in [6.45, 7) is 1.83. The lowest BCUT2D eigenvalue weighted by Gasteiger charge is -2.24. The molecule has 9 atom stereocenters. The molecule has 0 radical (unpaired) electrons. The summed E-state index contributed by atoms with van der Waals surface area (Å²) in [4.78, 5) is 22.9. The normalized spacial score (nSPS) is 25.5. The minimum absolute atomic E-state index is 0.0149. The van der Waals surface area contributed by atoms with Gasteiger partial charge in [-0.2, -0.15) is 0 Å². The second-order valence-corrected chi connectivity index (χ2v) is 16.0. The van der Waals surface area contributed by atoms with Gasteiger partial charge >= 0.3 is 11.9 Å². The van der Waals surface area contributed by atoms with E-state index in [0.29, 0.717) is 18.4 Å². The number of aliphatic hydroxyl groups is 4. The van der Waals surface area contributed by atoms with E-state index in [0.717, 1.165) is 109 Å². The predicted octanol–water partition coefficient (Wildman–Crippen LogP) is 7.54. The lowest BCUT2D eigenvalue weighted by Crippen LogP contribution is -2.33. The van der Waals surface area contributed by atoms with Crippen LogP contribution in [-0.2, 0) is 28.5 Å². The smallest absolute Gasteiger partial charge is 0.334 e. The highest BCUT2D eigenvalue weighted by atomic mass is 16.6. The van der Waals surface area contributed by atoms with Gasteiger partial charge in [0.05, 0.1) is 55.9 Å². The molecule has 3 heterocycles. The molecule has 0 bridgehead atoms. The topological polar surface area (TPSA) is 152 Å². The number of ether oxygens (including phenoxy) is 4. The molecule has 4 N–H and O–H groups in total. The van der Waals surface area contributed by atoms with E-state index in [4.69, 9.17) is 14.2 Å². The Morgan fingerprint density at radius 2 is 1.08 bits per heavy atom. The first-order valence-electron chi connectivity index (χ1n) is 21.2. The highest BCUT2D eigenvalue weighted by Crippen LogP contribution is 2.35. The molecule has 0 unspecified atom stereocenters. The molecule has 0 saturated carbocycles. The Balaban J connectivity index is 1.10. The van der Waals surface area contributed by atoms with E-state index in [9.17, 15) is 30.0 Å². The Hall–Kier alpha value is -1.56. The largest absolute Gasteiger partial charge is 0.469 e. The van der Waals surface area contributed by atoms with Crippen molar-refractivity contribution in [3.05, 3.63) is 11.6 Å². The molecule has 3 aliphatic heterocycles. The minimum atomic E-state index is -0.476. The molecule has 0 spiro atoms. The van der Waals surface area contributed by atoms with Crippen LogP contribution in [0.2, 0.25) is 0 Å². The number of unbranched alkanes of at least 4 members (excludes halogenated alkanes) is 14. The van der Waals surface area contributed by atoms with Gasteiger partial charge in [-0.1, -0.05) is 103 Å². The Labute approximate surface area is 314 Å². The van der Waals surface area contributed by atoms with Crippen molar-refractivity contribution in [2.24, 2.45) is 0 Å². The van der Waals surface area contributed by atoms with Crippen molar-refractivity contribution in [1.82, 2.24) is 0 Å². The van der Waals surface area contributed by atoms with Crippen LogP contribution in [0.4, 0.5) is 0 Å². The molecule has 0 aromatic heterocycles. The number of carbonyl (C=O) groups is 2. The monoisotopic (exact) mass is 739 g/mol. The molecule has 302 valence electrons. The Kier molecular flexibility index (Phi) is 22.7. The quantitative estimate of drug-likeness (QED) is 0.0430. The van der Waals surface area contributed by atoms with Gasteiger partial charge in [0.1, 0.15) is 6.10 Å². The van der Waals surface area contributed by atoms with Crippen LogP contribution in [0.5, 0.6) is 0 Å². The molecule has 0 amide bonds. The Morgan fingerprint density at radius 1 is 0.654 bits per heavy atom. The van der Waals surface area contributed by atoms with Crippen LogP contribution < -0.4 is 0 Å². The van der Waals surface area contributed by atoms with Crippen molar-refractivity contribution in [2.45, 2.75) is 235 Å². The first kappa shape index (κ1) is 44.8. The van der Waals surface area contributed by atoms with Gasteiger partial charge in [-0.05, 0) is 70.8 Å². The van der Waals surface area contributed by atoms with Crippen molar-refractivity contribution >= 4 is 11.9 Å². The predicted molar refractivity (Wildman–Crippen MR) is 202 cm³/mol. The van der Waals surface area contributed by atoms with Crippen LogP contribution in [0.15, 0.2) is 11.6 Å². The highest BCUT2D eigenvalue weighted by Gasteiger charge is 2.40. The fourth-order valence-corrected chi connectivity index (χ4v) is 8.12. The molecule has 3 rings (SSSR count). The maximum Gasteiger partial charge on any atom is 0.334 e. The lowest BCUT2D eigenvalue weighted by molar-refractivity contribution is -0.141.